The van der Waals surface area contributed by atoms with Crippen LogP contribution in [0.2, 0.25) is 0 Å². The van der Waals surface area contributed by atoms with Gasteiger partial charge < -0.3 is 4.84 Å². The van der Waals surface area contributed by atoms with E-state index in [4.69, 9.17) is 4.84 Å². The number of quaternary nitrogens is 1. The second-order valence-corrected chi connectivity index (χ2v) is 3.57. The average molecular weight is 190 g/mol. The van der Waals surface area contributed by atoms with Gasteiger partial charge in [-0.05, 0) is 37.5 Å². The van der Waals surface area contributed by atoms with Crippen LogP contribution in [0.5, 0.6) is 5.75 Å². The third-order valence-corrected chi connectivity index (χ3v) is 2.42. The lowest BCUT2D eigenvalue weighted by molar-refractivity contribution is -0.822. The average Bonchev–Trinajstić information content (AvgIpc) is 2.29. The Bertz CT molecular complexity index is 305. The number of hydrogen-bond acceptors (Lipinski definition) is 1. The second-order valence-electron chi connectivity index (χ2n) is 3.57. The molecule has 74 valence electrons. The Hall–Kier alpha value is -1.28. The lowest BCUT2D eigenvalue weighted by Crippen LogP contribution is -2.84. The number of allylic oxidation sites excluding steroid dienone is 2. The molecule has 0 aromatic heterocycles. The van der Waals surface area contributed by atoms with Crippen LogP contribution in [0, 0.1) is 0 Å². The van der Waals surface area contributed by atoms with E-state index >= 15 is 0 Å². The molecule has 2 nitrogen and oxygen atoms in total. The molecule has 1 aromatic rings. The highest BCUT2D eigenvalue weighted by Gasteiger charge is 2.07. The van der Waals surface area contributed by atoms with Crippen molar-refractivity contribution in [2.24, 2.45) is 0 Å². The SMILES string of the molecule is C1=C([NH2+]Oc2ccccc2)CCCC1. The van der Waals surface area contributed by atoms with Gasteiger partial charge in [0.1, 0.15) is 5.70 Å². The van der Waals surface area contributed by atoms with Crippen LogP contribution in [-0.4, -0.2) is 0 Å². The highest BCUT2D eigenvalue weighted by atomic mass is 16.6. The number of rotatable bonds is 3. The largest absolute Gasteiger partial charge is 0.314 e. The van der Waals surface area contributed by atoms with Gasteiger partial charge in [0.15, 0.2) is 5.75 Å². The van der Waals surface area contributed by atoms with Gasteiger partial charge in [-0.1, -0.05) is 18.2 Å². The molecule has 0 spiro atoms. The zero-order valence-electron chi connectivity index (χ0n) is 8.28. The molecule has 0 aliphatic heterocycles. The van der Waals surface area contributed by atoms with Crippen LogP contribution in [0.4, 0.5) is 0 Å². The fraction of sp³-hybridized carbons (Fsp3) is 0.333. The zero-order valence-corrected chi connectivity index (χ0v) is 8.28. The van der Waals surface area contributed by atoms with Crippen molar-refractivity contribution in [1.29, 1.82) is 0 Å². The third kappa shape index (κ3) is 2.60. The van der Waals surface area contributed by atoms with Gasteiger partial charge >= 0.3 is 0 Å². The monoisotopic (exact) mass is 190 g/mol. The maximum atomic E-state index is 5.55. The fourth-order valence-corrected chi connectivity index (χ4v) is 1.61. The third-order valence-electron chi connectivity index (χ3n) is 2.42. The van der Waals surface area contributed by atoms with Crippen LogP contribution >= 0.6 is 0 Å². The first-order chi connectivity index (χ1) is 6.95. The lowest BCUT2D eigenvalue weighted by atomic mass is 10.1. The highest BCUT2D eigenvalue weighted by Crippen LogP contribution is 2.12. The minimum absolute atomic E-state index is 0.916. The molecule has 0 bridgehead atoms. The maximum Gasteiger partial charge on any atom is 0.190 e. The van der Waals surface area contributed by atoms with Crippen LogP contribution in [0.15, 0.2) is 42.1 Å². The van der Waals surface area contributed by atoms with E-state index < -0.39 is 0 Å². The zero-order chi connectivity index (χ0) is 9.64. The van der Waals surface area contributed by atoms with Crippen LogP contribution in [0.25, 0.3) is 0 Å². The molecule has 14 heavy (non-hydrogen) atoms. The van der Waals surface area contributed by atoms with Crippen molar-refractivity contribution >= 4 is 0 Å². The summed E-state index contributed by atoms with van der Waals surface area (Å²) in [4.78, 5) is 5.55. The molecule has 0 amide bonds. The summed E-state index contributed by atoms with van der Waals surface area (Å²) in [5.41, 5.74) is 3.22. The van der Waals surface area contributed by atoms with Crippen molar-refractivity contribution in [1.82, 2.24) is 0 Å². The van der Waals surface area contributed by atoms with Crippen molar-refractivity contribution in [2.45, 2.75) is 25.7 Å². The molecular formula is C12H16NO+. The van der Waals surface area contributed by atoms with Gasteiger partial charge in [0.2, 0.25) is 0 Å². The predicted molar refractivity (Wildman–Crippen MR) is 55.5 cm³/mol. The molecule has 2 rings (SSSR count). The van der Waals surface area contributed by atoms with Crippen molar-refractivity contribution in [3.05, 3.63) is 42.1 Å². The minimum atomic E-state index is 0.916. The smallest absolute Gasteiger partial charge is 0.190 e. The van der Waals surface area contributed by atoms with Crippen LogP contribution in [-0.2, 0) is 0 Å². The molecule has 0 heterocycles. The first-order valence-electron chi connectivity index (χ1n) is 5.19. The molecule has 0 atom stereocenters. The normalized spacial score (nSPS) is 16.1. The molecule has 2 heteroatoms. The van der Waals surface area contributed by atoms with Gasteiger partial charge in [0.25, 0.3) is 0 Å². The summed E-state index contributed by atoms with van der Waals surface area (Å²) in [6.45, 7) is 0. The van der Waals surface area contributed by atoms with Crippen molar-refractivity contribution in [3.63, 3.8) is 0 Å². The summed E-state index contributed by atoms with van der Waals surface area (Å²) in [5, 5.41) is 0. The van der Waals surface area contributed by atoms with E-state index in [0.717, 1.165) is 12.2 Å². The Balaban J connectivity index is 1.85. The van der Waals surface area contributed by atoms with E-state index in [9.17, 15) is 0 Å². The molecule has 1 aliphatic carbocycles. The van der Waals surface area contributed by atoms with Crippen LogP contribution in [0.3, 0.4) is 0 Å². The summed E-state index contributed by atoms with van der Waals surface area (Å²) < 4.78 is 0. The fourth-order valence-electron chi connectivity index (χ4n) is 1.61. The summed E-state index contributed by atoms with van der Waals surface area (Å²) in [7, 11) is 0. The number of hydroxylamine groups is 1. The standard InChI is InChI=1S/C12H15NO/c1-3-7-11(8-4-1)13-14-12-9-5-2-6-10-12/h2,5-7,9-10,13H,1,3-4,8H2/p+1. The van der Waals surface area contributed by atoms with E-state index in [1.54, 1.807) is 0 Å². The van der Waals surface area contributed by atoms with Gasteiger partial charge in [-0.2, -0.15) is 0 Å². The Labute approximate surface area is 84.5 Å². The summed E-state index contributed by atoms with van der Waals surface area (Å²) >= 11 is 0. The van der Waals surface area contributed by atoms with Gasteiger partial charge in [-0.15, -0.1) is 5.48 Å². The quantitative estimate of drug-likeness (QED) is 0.725. The number of para-hydroxylation sites is 1. The maximum absolute atomic E-state index is 5.55. The number of benzene rings is 1. The van der Waals surface area contributed by atoms with E-state index in [-0.39, 0.29) is 0 Å². The van der Waals surface area contributed by atoms with Gasteiger partial charge in [-0.25, -0.2) is 0 Å². The first kappa shape index (κ1) is 9.28. The molecule has 0 saturated heterocycles. The Morgan fingerprint density at radius 2 is 1.93 bits per heavy atom. The molecule has 1 aromatic carbocycles. The second kappa shape index (κ2) is 4.82. The first-order valence-corrected chi connectivity index (χ1v) is 5.19. The number of hydrogen-bond donors (Lipinski definition) is 1. The van der Waals surface area contributed by atoms with E-state index in [1.807, 2.05) is 35.8 Å². The predicted octanol–water partition coefficient (Wildman–Crippen LogP) is 2.00. The molecular weight excluding hydrogens is 174 g/mol. The van der Waals surface area contributed by atoms with Crippen molar-refractivity contribution < 1.29 is 10.3 Å². The summed E-state index contributed by atoms with van der Waals surface area (Å²) in [6, 6.07) is 9.91. The molecule has 0 saturated carbocycles. The van der Waals surface area contributed by atoms with Gasteiger partial charge in [0.05, 0.1) is 0 Å². The Morgan fingerprint density at radius 3 is 2.64 bits per heavy atom. The molecule has 0 fully saturated rings. The summed E-state index contributed by atoms with van der Waals surface area (Å²) in [5.74, 6) is 0.916. The topological polar surface area (TPSA) is 25.8 Å². The van der Waals surface area contributed by atoms with Crippen LogP contribution < -0.4 is 10.3 Å². The number of nitrogens with two attached hydrogens (primary N) is 1. The van der Waals surface area contributed by atoms with Gasteiger partial charge in [-0.3, -0.25) is 0 Å². The molecule has 1 aliphatic rings. The van der Waals surface area contributed by atoms with Crippen molar-refractivity contribution in [2.75, 3.05) is 0 Å². The van der Waals surface area contributed by atoms with E-state index in [2.05, 4.69) is 6.08 Å². The Kier molecular flexibility index (Phi) is 3.19. The molecule has 2 N–H and O–H groups in total. The summed E-state index contributed by atoms with van der Waals surface area (Å²) in [6.07, 6.45) is 7.24. The molecule has 0 radical (unpaired) electrons. The van der Waals surface area contributed by atoms with E-state index in [1.165, 1.54) is 25.0 Å². The lowest BCUT2D eigenvalue weighted by Gasteiger charge is -2.09. The van der Waals surface area contributed by atoms with Crippen LogP contribution in [0.1, 0.15) is 25.7 Å². The van der Waals surface area contributed by atoms with Gasteiger partial charge in [0, 0.05) is 6.42 Å². The van der Waals surface area contributed by atoms with E-state index in [0.29, 0.717) is 0 Å². The minimum Gasteiger partial charge on any atom is -0.314 e. The Morgan fingerprint density at radius 1 is 1.07 bits per heavy atom. The van der Waals surface area contributed by atoms with Crippen molar-refractivity contribution in [3.8, 4) is 5.75 Å². The highest BCUT2D eigenvalue weighted by molar-refractivity contribution is 5.20. The molecule has 0 unspecified atom stereocenters.